The summed E-state index contributed by atoms with van der Waals surface area (Å²) in [5.41, 5.74) is 1.23. The van der Waals surface area contributed by atoms with Crippen LogP contribution in [0.4, 0.5) is 5.69 Å². The topological polar surface area (TPSA) is 74.8 Å². The van der Waals surface area contributed by atoms with Crippen molar-refractivity contribution in [3.05, 3.63) is 39.6 Å². The molecule has 0 aliphatic rings. The lowest BCUT2D eigenvalue weighted by Crippen LogP contribution is -2.14. The average molecular weight is 320 g/mol. The lowest BCUT2D eigenvalue weighted by molar-refractivity contribution is 0.600. The summed E-state index contributed by atoms with van der Waals surface area (Å²) >= 11 is 11.6. The van der Waals surface area contributed by atoms with E-state index in [0.717, 1.165) is 0 Å². The molecule has 0 radical (unpaired) electrons. The monoisotopic (exact) mass is 319 g/mol. The van der Waals surface area contributed by atoms with Crippen LogP contribution in [-0.2, 0) is 10.0 Å². The molecular formula is C11H11Cl2N3O2S. The Kier molecular flexibility index (Phi) is 3.75. The van der Waals surface area contributed by atoms with Gasteiger partial charge in [0.2, 0.25) is 0 Å². The molecule has 0 bridgehead atoms. The molecule has 2 rings (SSSR count). The Labute approximate surface area is 121 Å². The molecule has 102 valence electrons. The first-order chi connectivity index (χ1) is 8.81. The minimum absolute atomic E-state index is 0.138. The molecule has 0 atom stereocenters. The number of rotatable bonds is 3. The Hall–Kier alpha value is -1.24. The Morgan fingerprint density at radius 1 is 1.21 bits per heavy atom. The van der Waals surface area contributed by atoms with Gasteiger partial charge in [0.25, 0.3) is 10.0 Å². The van der Waals surface area contributed by atoms with E-state index in [1.54, 1.807) is 13.8 Å². The van der Waals surface area contributed by atoms with Crippen LogP contribution in [0.15, 0.2) is 23.1 Å². The predicted molar refractivity (Wildman–Crippen MR) is 75.3 cm³/mol. The Balaban J connectivity index is 2.39. The molecule has 1 aromatic carbocycles. The summed E-state index contributed by atoms with van der Waals surface area (Å²) in [5, 5.41) is 7.14. The van der Waals surface area contributed by atoms with Crippen LogP contribution in [0.2, 0.25) is 10.0 Å². The van der Waals surface area contributed by atoms with Gasteiger partial charge in [-0.15, -0.1) is 0 Å². The van der Waals surface area contributed by atoms with Crippen molar-refractivity contribution < 1.29 is 8.42 Å². The fourth-order valence-corrected chi connectivity index (χ4v) is 3.42. The second kappa shape index (κ2) is 5.03. The van der Waals surface area contributed by atoms with E-state index in [-0.39, 0.29) is 9.92 Å². The number of hydrogen-bond donors (Lipinski definition) is 2. The number of nitrogens with one attached hydrogen (secondary N) is 2. The number of halogens is 2. The summed E-state index contributed by atoms with van der Waals surface area (Å²) in [7, 11) is -3.71. The van der Waals surface area contributed by atoms with Gasteiger partial charge in [-0.25, -0.2) is 8.42 Å². The Bertz CT molecular complexity index is 706. The summed E-state index contributed by atoms with van der Waals surface area (Å²) in [4.78, 5) is 0.138. The van der Waals surface area contributed by atoms with Crippen LogP contribution in [0.25, 0.3) is 0 Å². The van der Waals surface area contributed by atoms with Gasteiger partial charge in [-0.2, -0.15) is 5.10 Å². The molecule has 0 fully saturated rings. The molecule has 1 aromatic heterocycles. The van der Waals surface area contributed by atoms with Gasteiger partial charge in [0.1, 0.15) is 4.90 Å². The van der Waals surface area contributed by atoms with Crippen molar-refractivity contribution in [3.63, 3.8) is 0 Å². The zero-order valence-electron chi connectivity index (χ0n) is 10.2. The van der Waals surface area contributed by atoms with Crippen LogP contribution in [0.5, 0.6) is 0 Å². The molecule has 8 heteroatoms. The van der Waals surface area contributed by atoms with Crippen molar-refractivity contribution in [1.82, 2.24) is 10.2 Å². The molecule has 0 saturated carbocycles. The van der Waals surface area contributed by atoms with Gasteiger partial charge in [0.15, 0.2) is 0 Å². The molecule has 1 heterocycles. The molecule has 0 amide bonds. The second-order valence-electron chi connectivity index (χ2n) is 4.00. The van der Waals surface area contributed by atoms with E-state index in [1.165, 1.54) is 18.2 Å². The van der Waals surface area contributed by atoms with E-state index in [2.05, 4.69) is 14.9 Å². The maximum absolute atomic E-state index is 12.3. The maximum atomic E-state index is 12.3. The number of nitrogens with zero attached hydrogens (tertiary/aromatic N) is 1. The van der Waals surface area contributed by atoms with Gasteiger partial charge in [0.05, 0.1) is 27.1 Å². The lowest BCUT2D eigenvalue weighted by Gasteiger charge is -2.08. The summed E-state index contributed by atoms with van der Waals surface area (Å²) in [5.74, 6) is 0. The van der Waals surface area contributed by atoms with Crippen LogP contribution in [0.1, 0.15) is 11.4 Å². The van der Waals surface area contributed by atoms with Gasteiger partial charge in [-0.3, -0.25) is 9.82 Å². The second-order valence-corrected chi connectivity index (χ2v) is 6.43. The zero-order valence-corrected chi connectivity index (χ0v) is 12.5. The maximum Gasteiger partial charge on any atom is 0.265 e. The average Bonchev–Trinajstić information content (AvgIpc) is 2.64. The third kappa shape index (κ3) is 2.86. The highest BCUT2D eigenvalue weighted by Gasteiger charge is 2.22. The molecule has 0 spiro atoms. The van der Waals surface area contributed by atoms with Crippen LogP contribution >= 0.6 is 23.2 Å². The van der Waals surface area contributed by atoms with E-state index in [0.29, 0.717) is 22.1 Å². The molecule has 2 aromatic rings. The van der Waals surface area contributed by atoms with Crippen molar-refractivity contribution in [1.29, 1.82) is 0 Å². The van der Waals surface area contributed by atoms with Crippen molar-refractivity contribution >= 4 is 38.9 Å². The van der Waals surface area contributed by atoms with Crippen LogP contribution in [-0.4, -0.2) is 18.6 Å². The number of H-pyrrole nitrogens is 1. The molecule has 0 aliphatic carbocycles. The van der Waals surface area contributed by atoms with Crippen molar-refractivity contribution in [3.8, 4) is 0 Å². The normalized spacial score (nSPS) is 11.6. The third-order valence-electron chi connectivity index (χ3n) is 2.50. The number of anilines is 1. The third-order valence-corrected chi connectivity index (χ3v) is 4.88. The SMILES string of the molecule is Cc1n[nH]c(C)c1S(=O)(=O)Nc1ccc(Cl)c(Cl)c1. The smallest absolute Gasteiger partial charge is 0.265 e. The van der Waals surface area contributed by atoms with Gasteiger partial charge >= 0.3 is 0 Å². The molecule has 5 nitrogen and oxygen atoms in total. The van der Waals surface area contributed by atoms with E-state index in [9.17, 15) is 8.42 Å². The Morgan fingerprint density at radius 2 is 1.89 bits per heavy atom. The van der Waals surface area contributed by atoms with Gasteiger partial charge in [0, 0.05) is 0 Å². The minimum atomic E-state index is -3.71. The first kappa shape index (κ1) is 14.2. The van der Waals surface area contributed by atoms with E-state index >= 15 is 0 Å². The minimum Gasteiger partial charge on any atom is -0.281 e. The van der Waals surface area contributed by atoms with Crippen molar-refractivity contribution in [2.75, 3.05) is 4.72 Å². The Morgan fingerprint density at radius 3 is 2.42 bits per heavy atom. The largest absolute Gasteiger partial charge is 0.281 e. The van der Waals surface area contributed by atoms with E-state index < -0.39 is 10.0 Å². The molecule has 0 unspecified atom stereocenters. The van der Waals surface area contributed by atoms with Crippen LogP contribution < -0.4 is 4.72 Å². The van der Waals surface area contributed by atoms with Gasteiger partial charge in [-0.1, -0.05) is 23.2 Å². The quantitative estimate of drug-likeness (QED) is 0.912. The highest BCUT2D eigenvalue weighted by atomic mass is 35.5. The lowest BCUT2D eigenvalue weighted by atomic mass is 10.3. The number of aromatic nitrogens is 2. The first-order valence-electron chi connectivity index (χ1n) is 5.30. The fraction of sp³-hybridized carbons (Fsp3) is 0.182. The van der Waals surface area contributed by atoms with Gasteiger partial charge < -0.3 is 0 Å². The van der Waals surface area contributed by atoms with E-state index in [4.69, 9.17) is 23.2 Å². The highest BCUT2D eigenvalue weighted by molar-refractivity contribution is 7.92. The standard InChI is InChI=1S/C11H11Cl2N3O2S/c1-6-11(7(2)15-14-6)19(17,18)16-8-3-4-9(12)10(13)5-8/h3-5,16H,1-2H3,(H,14,15). The van der Waals surface area contributed by atoms with Crippen LogP contribution in [0, 0.1) is 13.8 Å². The summed E-state index contributed by atoms with van der Waals surface area (Å²) in [6.45, 7) is 3.26. The van der Waals surface area contributed by atoms with Crippen LogP contribution in [0.3, 0.4) is 0 Å². The predicted octanol–water partition coefficient (Wildman–Crippen LogP) is 3.13. The highest BCUT2D eigenvalue weighted by Crippen LogP contribution is 2.27. The van der Waals surface area contributed by atoms with Gasteiger partial charge in [-0.05, 0) is 32.0 Å². The molecular weight excluding hydrogens is 309 g/mol. The number of benzene rings is 1. The first-order valence-corrected chi connectivity index (χ1v) is 7.54. The molecule has 19 heavy (non-hydrogen) atoms. The number of aromatic amines is 1. The molecule has 2 N–H and O–H groups in total. The fourth-order valence-electron chi connectivity index (χ4n) is 1.70. The number of hydrogen-bond acceptors (Lipinski definition) is 3. The van der Waals surface area contributed by atoms with Crippen molar-refractivity contribution in [2.45, 2.75) is 18.7 Å². The summed E-state index contributed by atoms with van der Waals surface area (Å²) in [6, 6.07) is 4.51. The number of aryl methyl sites for hydroxylation is 2. The number of sulfonamides is 1. The van der Waals surface area contributed by atoms with Crippen molar-refractivity contribution in [2.24, 2.45) is 0 Å². The zero-order chi connectivity index (χ0) is 14.2. The molecule has 0 saturated heterocycles. The van der Waals surface area contributed by atoms with E-state index in [1.807, 2.05) is 0 Å². The molecule has 0 aliphatic heterocycles. The summed E-state index contributed by atoms with van der Waals surface area (Å²) in [6.07, 6.45) is 0. The summed E-state index contributed by atoms with van der Waals surface area (Å²) < 4.78 is 26.9.